The standard InChI is InChI=1S/C13H17ClN2O/c1-3-10(7-15)8-16-9-11-4-5-12(17-2)6-13(11)14/h4-6,10,16H,3,8-9H2,1-2H3. The van der Waals surface area contributed by atoms with Crippen molar-refractivity contribution < 1.29 is 4.74 Å². The molecule has 1 rings (SSSR count). The van der Waals surface area contributed by atoms with Gasteiger partial charge in [-0.15, -0.1) is 0 Å². The van der Waals surface area contributed by atoms with E-state index in [0.29, 0.717) is 18.1 Å². The number of benzene rings is 1. The van der Waals surface area contributed by atoms with Gasteiger partial charge in [-0.25, -0.2) is 0 Å². The molecule has 0 spiro atoms. The van der Waals surface area contributed by atoms with Crippen LogP contribution in [0.2, 0.25) is 5.02 Å². The zero-order valence-electron chi connectivity index (χ0n) is 10.2. The molecule has 0 aromatic heterocycles. The second kappa shape index (κ2) is 7.16. The minimum atomic E-state index is 0.0621. The van der Waals surface area contributed by atoms with E-state index in [1.54, 1.807) is 13.2 Å². The van der Waals surface area contributed by atoms with Gasteiger partial charge < -0.3 is 10.1 Å². The van der Waals surface area contributed by atoms with Crippen molar-refractivity contribution in [2.24, 2.45) is 5.92 Å². The van der Waals surface area contributed by atoms with Crippen molar-refractivity contribution >= 4 is 11.6 Å². The molecule has 0 saturated heterocycles. The third-order valence-corrected chi connectivity index (χ3v) is 2.99. The number of nitriles is 1. The molecule has 0 bridgehead atoms. The maximum Gasteiger partial charge on any atom is 0.120 e. The summed E-state index contributed by atoms with van der Waals surface area (Å²) in [6.07, 6.45) is 0.861. The van der Waals surface area contributed by atoms with Crippen molar-refractivity contribution in [2.45, 2.75) is 19.9 Å². The van der Waals surface area contributed by atoms with Gasteiger partial charge in [-0.3, -0.25) is 0 Å². The molecule has 1 aromatic carbocycles. The number of nitrogens with zero attached hydrogens (tertiary/aromatic N) is 1. The number of nitrogens with one attached hydrogen (secondary N) is 1. The van der Waals surface area contributed by atoms with E-state index < -0.39 is 0 Å². The lowest BCUT2D eigenvalue weighted by atomic mass is 10.1. The Kier molecular flexibility index (Phi) is 5.82. The topological polar surface area (TPSA) is 45.0 Å². The predicted molar refractivity (Wildman–Crippen MR) is 69.1 cm³/mol. The Morgan fingerprint density at radius 1 is 1.53 bits per heavy atom. The number of rotatable bonds is 6. The molecule has 0 heterocycles. The fraction of sp³-hybridized carbons (Fsp3) is 0.462. The highest BCUT2D eigenvalue weighted by Gasteiger charge is 2.05. The molecular weight excluding hydrogens is 236 g/mol. The van der Waals surface area contributed by atoms with Gasteiger partial charge in [0.2, 0.25) is 0 Å². The van der Waals surface area contributed by atoms with Crippen molar-refractivity contribution in [2.75, 3.05) is 13.7 Å². The monoisotopic (exact) mass is 252 g/mol. The van der Waals surface area contributed by atoms with Gasteiger partial charge in [0.25, 0.3) is 0 Å². The Morgan fingerprint density at radius 2 is 2.29 bits per heavy atom. The van der Waals surface area contributed by atoms with E-state index in [4.69, 9.17) is 21.6 Å². The molecule has 0 radical (unpaired) electrons. The van der Waals surface area contributed by atoms with Gasteiger partial charge in [-0.2, -0.15) is 5.26 Å². The first-order valence-corrected chi connectivity index (χ1v) is 6.01. The second-order valence-electron chi connectivity index (χ2n) is 3.82. The normalized spacial score (nSPS) is 11.9. The van der Waals surface area contributed by atoms with Crippen LogP contribution in [-0.4, -0.2) is 13.7 Å². The van der Waals surface area contributed by atoms with Gasteiger partial charge in [0.1, 0.15) is 5.75 Å². The Morgan fingerprint density at radius 3 is 2.82 bits per heavy atom. The van der Waals surface area contributed by atoms with E-state index in [1.807, 2.05) is 19.1 Å². The number of methoxy groups -OCH3 is 1. The zero-order chi connectivity index (χ0) is 12.7. The molecule has 0 aliphatic carbocycles. The molecular formula is C13H17ClN2O. The molecule has 1 N–H and O–H groups in total. The molecule has 4 heteroatoms. The van der Waals surface area contributed by atoms with Crippen molar-refractivity contribution in [3.8, 4) is 11.8 Å². The Balaban J connectivity index is 2.50. The minimum Gasteiger partial charge on any atom is -0.497 e. The van der Waals surface area contributed by atoms with Crippen LogP contribution in [0.4, 0.5) is 0 Å². The molecule has 3 nitrogen and oxygen atoms in total. The summed E-state index contributed by atoms with van der Waals surface area (Å²) in [6.45, 7) is 3.37. The fourth-order valence-corrected chi connectivity index (χ4v) is 1.70. The molecule has 1 unspecified atom stereocenters. The predicted octanol–water partition coefficient (Wildman–Crippen LogP) is 2.99. The van der Waals surface area contributed by atoms with Crippen LogP contribution in [0.5, 0.6) is 5.75 Å². The van der Waals surface area contributed by atoms with Crippen LogP contribution in [-0.2, 0) is 6.54 Å². The van der Waals surface area contributed by atoms with Crippen LogP contribution in [0.25, 0.3) is 0 Å². The molecule has 1 aromatic rings. The first-order valence-electron chi connectivity index (χ1n) is 5.64. The molecule has 17 heavy (non-hydrogen) atoms. The average Bonchev–Trinajstić information content (AvgIpc) is 2.36. The highest BCUT2D eigenvalue weighted by atomic mass is 35.5. The lowest BCUT2D eigenvalue weighted by Crippen LogP contribution is -2.21. The number of ether oxygens (including phenoxy) is 1. The van der Waals surface area contributed by atoms with Crippen molar-refractivity contribution in [3.63, 3.8) is 0 Å². The summed E-state index contributed by atoms with van der Waals surface area (Å²) in [5.41, 5.74) is 1.01. The maximum atomic E-state index is 8.81. The highest BCUT2D eigenvalue weighted by Crippen LogP contribution is 2.22. The van der Waals surface area contributed by atoms with Gasteiger partial charge in [0.05, 0.1) is 19.1 Å². The second-order valence-corrected chi connectivity index (χ2v) is 4.23. The maximum absolute atomic E-state index is 8.81. The van der Waals surface area contributed by atoms with E-state index in [0.717, 1.165) is 17.7 Å². The van der Waals surface area contributed by atoms with Gasteiger partial charge in [-0.05, 0) is 24.1 Å². The van der Waals surface area contributed by atoms with Crippen LogP contribution in [0.3, 0.4) is 0 Å². The largest absolute Gasteiger partial charge is 0.497 e. The van der Waals surface area contributed by atoms with Crippen LogP contribution < -0.4 is 10.1 Å². The quantitative estimate of drug-likeness (QED) is 0.847. The summed E-state index contributed by atoms with van der Waals surface area (Å²) in [5.74, 6) is 0.814. The minimum absolute atomic E-state index is 0.0621. The molecule has 0 amide bonds. The van der Waals surface area contributed by atoms with E-state index >= 15 is 0 Å². The van der Waals surface area contributed by atoms with E-state index in [1.165, 1.54) is 0 Å². The lowest BCUT2D eigenvalue weighted by Gasteiger charge is -2.10. The average molecular weight is 253 g/mol. The summed E-state index contributed by atoms with van der Waals surface area (Å²) < 4.78 is 5.08. The zero-order valence-corrected chi connectivity index (χ0v) is 10.9. The molecule has 0 aliphatic heterocycles. The lowest BCUT2D eigenvalue weighted by molar-refractivity contribution is 0.414. The van der Waals surface area contributed by atoms with Crippen LogP contribution in [0, 0.1) is 17.2 Å². The SMILES string of the molecule is CCC(C#N)CNCc1ccc(OC)cc1Cl. The highest BCUT2D eigenvalue weighted by molar-refractivity contribution is 6.31. The number of hydrogen-bond donors (Lipinski definition) is 1. The summed E-state index contributed by atoms with van der Waals surface area (Å²) >= 11 is 6.11. The van der Waals surface area contributed by atoms with Crippen LogP contribution in [0.1, 0.15) is 18.9 Å². The third-order valence-electron chi connectivity index (χ3n) is 2.64. The van der Waals surface area contributed by atoms with Gasteiger partial charge in [0.15, 0.2) is 0 Å². The fourth-order valence-electron chi connectivity index (χ4n) is 1.46. The van der Waals surface area contributed by atoms with E-state index in [-0.39, 0.29) is 5.92 Å². The number of hydrogen-bond acceptors (Lipinski definition) is 3. The van der Waals surface area contributed by atoms with Gasteiger partial charge >= 0.3 is 0 Å². The molecule has 92 valence electrons. The Bertz CT molecular complexity index is 401. The van der Waals surface area contributed by atoms with E-state index in [2.05, 4.69) is 11.4 Å². The summed E-state index contributed by atoms with van der Waals surface area (Å²) in [7, 11) is 1.61. The van der Waals surface area contributed by atoms with E-state index in [9.17, 15) is 0 Å². The Hall–Kier alpha value is -1.24. The molecule has 0 saturated carbocycles. The summed E-state index contributed by atoms with van der Waals surface area (Å²) in [6, 6.07) is 7.86. The van der Waals surface area contributed by atoms with Crippen molar-refractivity contribution in [1.82, 2.24) is 5.32 Å². The van der Waals surface area contributed by atoms with Gasteiger partial charge in [0, 0.05) is 18.1 Å². The van der Waals surface area contributed by atoms with Crippen LogP contribution in [0.15, 0.2) is 18.2 Å². The van der Waals surface area contributed by atoms with Crippen LogP contribution >= 0.6 is 11.6 Å². The Labute approximate surface area is 107 Å². The van der Waals surface area contributed by atoms with Crippen molar-refractivity contribution in [3.05, 3.63) is 28.8 Å². The first-order chi connectivity index (χ1) is 8.21. The number of halogens is 1. The molecule has 1 atom stereocenters. The molecule has 0 fully saturated rings. The van der Waals surface area contributed by atoms with Gasteiger partial charge in [-0.1, -0.05) is 24.6 Å². The first kappa shape index (κ1) is 13.8. The smallest absolute Gasteiger partial charge is 0.120 e. The summed E-state index contributed by atoms with van der Waals surface area (Å²) in [4.78, 5) is 0. The van der Waals surface area contributed by atoms with Crippen molar-refractivity contribution in [1.29, 1.82) is 5.26 Å². The molecule has 0 aliphatic rings. The summed E-state index contributed by atoms with van der Waals surface area (Å²) in [5, 5.41) is 12.7. The third kappa shape index (κ3) is 4.26.